The summed E-state index contributed by atoms with van der Waals surface area (Å²) in [6.07, 6.45) is 1.15. The largest absolute Gasteiger partial charge is 0.378 e. The van der Waals surface area contributed by atoms with Crippen molar-refractivity contribution in [3.63, 3.8) is 0 Å². The van der Waals surface area contributed by atoms with Crippen LogP contribution in [-0.4, -0.2) is 36.9 Å². The van der Waals surface area contributed by atoms with Gasteiger partial charge >= 0.3 is 0 Å². The summed E-state index contributed by atoms with van der Waals surface area (Å²) >= 11 is 8.85. The summed E-state index contributed by atoms with van der Waals surface area (Å²) in [6.45, 7) is 4.57. The molecule has 0 atom stereocenters. The van der Waals surface area contributed by atoms with E-state index < -0.39 is 0 Å². The van der Waals surface area contributed by atoms with Gasteiger partial charge in [-0.25, -0.2) is 0 Å². The number of fused-ring (bicyclic) bond motifs is 3. The summed E-state index contributed by atoms with van der Waals surface area (Å²) in [5.41, 5.74) is 8.10. The highest BCUT2D eigenvalue weighted by atomic mass is 32.1. The molecular formula is C32H30N4S5. The lowest BCUT2D eigenvalue weighted by molar-refractivity contribution is 0.654. The molecule has 0 aliphatic heterocycles. The minimum atomic E-state index is 0.677. The van der Waals surface area contributed by atoms with Crippen LogP contribution in [0.3, 0.4) is 0 Å². The zero-order valence-corrected chi connectivity index (χ0v) is 27.9. The molecule has 0 bridgehead atoms. The van der Waals surface area contributed by atoms with Crippen LogP contribution in [0.2, 0.25) is 0 Å². The summed E-state index contributed by atoms with van der Waals surface area (Å²) in [6, 6.07) is 20.4. The fourth-order valence-electron chi connectivity index (χ4n) is 5.30. The molecule has 2 aromatic carbocycles. The van der Waals surface area contributed by atoms with Gasteiger partial charge in [-0.05, 0) is 48.2 Å². The molecule has 9 heteroatoms. The third-order valence-electron chi connectivity index (χ3n) is 7.25. The predicted molar refractivity (Wildman–Crippen MR) is 187 cm³/mol. The van der Waals surface area contributed by atoms with Crippen molar-refractivity contribution in [3.05, 3.63) is 59.5 Å². The lowest BCUT2D eigenvalue weighted by Gasteiger charge is -2.14. The minimum absolute atomic E-state index is 0.677. The minimum Gasteiger partial charge on any atom is -0.378 e. The van der Waals surface area contributed by atoms with Crippen molar-refractivity contribution in [3.8, 4) is 31.3 Å². The molecule has 7 rings (SSSR count). The number of hydrogen-bond donors (Lipinski definition) is 0. The molecule has 5 aromatic heterocycles. The summed E-state index contributed by atoms with van der Waals surface area (Å²) in [5.74, 6) is 0.677. The molecule has 0 aliphatic rings. The van der Waals surface area contributed by atoms with Crippen LogP contribution in [-0.2, 0) is 6.42 Å². The molecule has 0 unspecified atom stereocenters. The molecule has 208 valence electrons. The van der Waals surface area contributed by atoms with E-state index in [-0.39, 0.29) is 0 Å². The van der Waals surface area contributed by atoms with Gasteiger partial charge in [0, 0.05) is 73.7 Å². The Bertz CT molecular complexity index is 1980. The van der Waals surface area contributed by atoms with E-state index in [1.165, 1.54) is 78.1 Å². The summed E-state index contributed by atoms with van der Waals surface area (Å²) < 4.78 is 15.1. The molecule has 5 heterocycles. The van der Waals surface area contributed by atoms with Crippen molar-refractivity contribution < 1.29 is 0 Å². The maximum atomic E-state index is 4.84. The van der Waals surface area contributed by atoms with E-state index in [1.807, 2.05) is 45.3 Å². The molecule has 0 fully saturated rings. The van der Waals surface area contributed by atoms with Crippen LogP contribution in [0.15, 0.2) is 54.6 Å². The van der Waals surface area contributed by atoms with Gasteiger partial charge in [0.2, 0.25) is 0 Å². The number of aromatic nitrogens is 2. The second-order valence-electron chi connectivity index (χ2n) is 11.2. The Hall–Kier alpha value is -2.82. The second kappa shape index (κ2) is 10.5. The van der Waals surface area contributed by atoms with Gasteiger partial charge in [0.25, 0.3) is 0 Å². The zero-order chi connectivity index (χ0) is 28.4. The number of anilines is 2. The van der Waals surface area contributed by atoms with Crippen molar-refractivity contribution in [1.82, 2.24) is 8.75 Å². The molecule has 0 saturated carbocycles. The van der Waals surface area contributed by atoms with Crippen LogP contribution in [0, 0.1) is 5.92 Å². The van der Waals surface area contributed by atoms with Crippen LogP contribution < -0.4 is 9.80 Å². The average molecular weight is 631 g/mol. The Morgan fingerprint density at radius 2 is 1.37 bits per heavy atom. The first-order valence-corrected chi connectivity index (χ1v) is 17.6. The molecule has 41 heavy (non-hydrogen) atoms. The second-order valence-corrected chi connectivity index (χ2v) is 16.1. The molecule has 0 aliphatic carbocycles. The summed E-state index contributed by atoms with van der Waals surface area (Å²) in [4.78, 5) is 9.71. The van der Waals surface area contributed by atoms with E-state index in [9.17, 15) is 0 Å². The van der Waals surface area contributed by atoms with Crippen molar-refractivity contribution in [2.45, 2.75) is 20.3 Å². The van der Waals surface area contributed by atoms with E-state index in [2.05, 4.69) is 106 Å². The van der Waals surface area contributed by atoms with Gasteiger partial charge in [0.15, 0.2) is 0 Å². The normalized spacial score (nSPS) is 12.0. The van der Waals surface area contributed by atoms with E-state index in [0.717, 1.165) is 17.5 Å². The van der Waals surface area contributed by atoms with Gasteiger partial charge in [-0.15, -0.1) is 45.3 Å². The monoisotopic (exact) mass is 630 g/mol. The van der Waals surface area contributed by atoms with Crippen LogP contribution >= 0.6 is 57.1 Å². The highest BCUT2D eigenvalue weighted by Gasteiger charge is 2.23. The van der Waals surface area contributed by atoms with Crippen molar-refractivity contribution in [1.29, 1.82) is 0 Å². The Balaban J connectivity index is 1.29. The van der Waals surface area contributed by atoms with Crippen molar-refractivity contribution in [2.75, 3.05) is 38.0 Å². The Kier molecular flexibility index (Phi) is 6.90. The van der Waals surface area contributed by atoms with Gasteiger partial charge in [0.05, 0.1) is 27.0 Å². The maximum Gasteiger partial charge on any atom is 0.114 e. The lowest BCUT2D eigenvalue weighted by atomic mass is 10.1. The number of hydrogen-bond acceptors (Lipinski definition) is 9. The fourth-order valence-corrected chi connectivity index (χ4v) is 11.4. The van der Waals surface area contributed by atoms with E-state index >= 15 is 0 Å². The molecule has 0 N–H and O–H groups in total. The topological polar surface area (TPSA) is 32.3 Å². The van der Waals surface area contributed by atoms with Crippen molar-refractivity contribution >= 4 is 98.3 Å². The smallest absolute Gasteiger partial charge is 0.114 e. The van der Waals surface area contributed by atoms with Gasteiger partial charge in [-0.2, -0.15) is 8.75 Å². The van der Waals surface area contributed by atoms with Gasteiger partial charge < -0.3 is 9.80 Å². The number of rotatable bonds is 7. The first-order chi connectivity index (χ1) is 19.8. The van der Waals surface area contributed by atoms with Crippen LogP contribution in [0.5, 0.6) is 0 Å². The number of thiophene rings is 4. The van der Waals surface area contributed by atoms with Crippen molar-refractivity contribution in [2.24, 2.45) is 5.92 Å². The molecule has 4 nitrogen and oxygen atoms in total. The maximum absolute atomic E-state index is 4.84. The predicted octanol–water partition coefficient (Wildman–Crippen LogP) is 10.6. The quantitative estimate of drug-likeness (QED) is 0.175. The first kappa shape index (κ1) is 27.0. The standard InChI is InChI=1S/C32H30N4S5/c1-17(2)13-20-14-25-26(37-20)16-24(38-25)21-11-12-22(29-28(21)33-41-34-29)31-30(36(5)6)32-27(40-31)15-23(39-32)18-7-9-19(10-8-18)35(3)4/h7-12,14-17H,13H2,1-6H3. The van der Waals surface area contributed by atoms with Crippen LogP contribution in [0.1, 0.15) is 18.7 Å². The summed E-state index contributed by atoms with van der Waals surface area (Å²) in [5, 5.41) is 0. The molecule has 0 radical (unpaired) electrons. The Labute approximate surface area is 260 Å². The highest BCUT2D eigenvalue weighted by Crippen LogP contribution is 2.51. The molecule has 0 amide bonds. The van der Waals surface area contributed by atoms with E-state index in [1.54, 1.807) is 0 Å². The molecule has 0 saturated heterocycles. The van der Waals surface area contributed by atoms with Gasteiger partial charge in [-0.1, -0.05) is 38.1 Å². The highest BCUT2D eigenvalue weighted by molar-refractivity contribution is 7.32. The molecular weight excluding hydrogens is 601 g/mol. The molecule has 0 spiro atoms. The summed E-state index contributed by atoms with van der Waals surface area (Å²) in [7, 11) is 8.45. The van der Waals surface area contributed by atoms with E-state index in [4.69, 9.17) is 8.75 Å². The fraction of sp³-hybridized carbons (Fsp3) is 0.250. The molecule has 7 aromatic rings. The van der Waals surface area contributed by atoms with Gasteiger partial charge in [0.1, 0.15) is 11.0 Å². The van der Waals surface area contributed by atoms with Gasteiger partial charge in [-0.3, -0.25) is 0 Å². The third-order valence-corrected chi connectivity index (χ3v) is 12.6. The SMILES string of the molecule is CC(C)Cc1cc2sc(-c3ccc(-c4sc5cc(-c6ccc(N(C)C)cc6)sc5c4N(C)C)c4nsnc34)cc2s1. The Morgan fingerprint density at radius 3 is 2.05 bits per heavy atom. The number of benzene rings is 2. The van der Waals surface area contributed by atoms with Crippen LogP contribution in [0.4, 0.5) is 11.4 Å². The lowest BCUT2D eigenvalue weighted by Crippen LogP contribution is -2.08. The number of nitrogens with zero attached hydrogens (tertiary/aromatic N) is 4. The third kappa shape index (κ3) is 4.77. The zero-order valence-electron chi connectivity index (χ0n) is 23.8. The average Bonchev–Trinajstić information content (AvgIpc) is 3.73. The van der Waals surface area contributed by atoms with Crippen LogP contribution in [0.25, 0.3) is 61.2 Å². The first-order valence-electron chi connectivity index (χ1n) is 13.6. The Morgan fingerprint density at radius 1 is 0.683 bits per heavy atom. The van der Waals surface area contributed by atoms with E-state index in [0.29, 0.717) is 5.92 Å².